The van der Waals surface area contributed by atoms with E-state index in [0.717, 1.165) is 10.9 Å². The van der Waals surface area contributed by atoms with Crippen molar-refractivity contribution in [3.63, 3.8) is 0 Å². The van der Waals surface area contributed by atoms with Crippen LogP contribution in [0.1, 0.15) is 18.4 Å². The van der Waals surface area contributed by atoms with E-state index in [1.165, 1.54) is 12.4 Å². The molecule has 134 valence electrons. The van der Waals surface area contributed by atoms with Crippen molar-refractivity contribution in [2.75, 3.05) is 5.01 Å². The highest BCUT2D eigenvalue weighted by Gasteiger charge is 2.26. The molecule has 2 aliphatic heterocycles. The average Bonchev–Trinajstić information content (AvgIpc) is 3.11. The van der Waals surface area contributed by atoms with Crippen LogP contribution in [0.5, 0.6) is 0 Å². The second kappa shape index (κ2) is 7.78. The number of anilines is 1. The van der Waals surface area contributed by atoms with Crippen LogP contribution in [0.2, 0.25) is 5.02 Å². The van der Waals surface area contributed by atoms with Gasteiger partial charge in [0, 0.05) is 17.0 Å². The molecule has 25 heavy (non-hydrogen) atoms. The van der Waals surface area contributed by atoms with Gasteiger partial charge in [-0.05, 0) is 30.7 Å². The quantitative estimate of drug-likeness (QED) is 0.454. The zero-order valence-corrected chi connectivity index (χ0v) is 13.7. The zero-order chi connectivity index (χ0) is 17.8. The SMILES string of the molecule is O=C1CCC(O)NN1O[C@H](O)/C=C/c1cc(Cl)ccc1N1C=NNN1. The summed E-state index contributed by atoms with van der Waals surface area (Å²) in [6.07, 6.45) is 2.56. The highest BCUT2D eigenvalue weighted by molar-refractivity contribution is 6.30. The van der Waals surface area contributed by atoms with Crippen LogP contribution in [0.25, 0.3) is 6.08 Å². The Kier molecular flexibility index (Phi) is 5.48. The lowest BCUT2D eigenvalue weighted by molar-refractivity contribution is -0.278. The van der Waals surface area contributed by atoms with Crippen LogP contribution < -0.4 is 21.5 Å². The summed E-state index contributed by atoms with van der Waals surface area (Å²) in [5.74, 6) is -0.384. The number of hydroxylamine groups is 1. The van der Waals surface area contributed by atoms with E-state index in [4.69, 9.17) is 16.4 Å². The lowest BCUT2D eigenvalue weighted by atomic mass is 10.1. The van der Waals surface area contributed by atoms with Crippen molar-refractivity contribution in [2.45, 2.75) is 25.4 Å². The van der Waals surface area contributed by atoms with E-state index in [1.54, 1.807) is 29.3 Å². The fourth-order valence-electron chi connectivity index (χ4n) is 2.25. The molecule has 1 aromatic carbocycles. The second-order valence-electron chi connectivity index (χ2n) is 5.27. The number of hydrogen-bond donors (Lipinski definition) is 5. The number of carbonyl (C=O) groups is 1. The fraction of sp³-hybridized carbons (Fsp3) is 0.286. The van der Waals surface area contributed by atoms with Crippen molar-refractivity contribution >= 4 is 35.6 Å². The average molecular weight is 369 g/mol. The first-order valence-electron chi connectivity index (χ1n) is 7.46. The molecule has 0 spiro atoms. The van der Waals surface area contributed by atoms with Gasteiger partial charge in [-0.25, -0.2) is 15.4 Å². The molecule has 11 heteroatoms. The molecule has 0 aromatic heterocycles. The number of nitrogens with zero attached hydrogens (tertiary/aromatic N) is 3. The molecule has 3 rings (SSSR count). The van der Waals surface area contributed by atoms with Gasteiger partial charge in [0.25, 0.3) is 5.91 Å². The van der Waals surface area contributed by atoms with Gasteiger partial charge in [0.15, 0.2) is 0 Å². The van der Waals surface area contributed by atoms with Crippen molar-refractivity contribution in [3.8, 4) is 0 Å². The molecule has 5 N–H and O–H groups in total. The molecule has 0 aliphatic carbocycles. The number of aliphatic hydroxyl groups excluding tert-OH is 2. The highest BCUT2D eigenvalue weighted by atomic mass is 35.5. The molecule has 0 saturated carbocycles. The number of amides is 1. The van der Waals surface area contributed by atoms with Gasteiger partial charge in [0.1, 0.15) is 12.6 Å². The van der Waals surface area contributed by atoms with Crippen LogP contribution in [0.4, 0.5) is 5.69 Å². The third-order valence-corrected chi connectivity index (χ3v) is 3.67. The fourth-order valence-corrected chi connectivity index (χ4v) is 2.43. The first-order chi connectivity index (χ1) is 12.0. The minimum atomic E-state index is -1.41. The predicted octanol–water partition coefficient (Wildman–Crippen LogP) is -0.179. The van der Waals surface area contributed by atoms with E-state index >= 15 is 0 Å². The Morgan fingerprint density at radius 1 is 1.48 bits per heavy atom. The Hall–Kier alpha value is -2.21. The normalized spacial score (nSPS) is 21.9. The number of halogens is 1. The summed E-state index contributed by atoms with van der Waals surface area (Å²) < 4.78 is 0. The summed E-state index contributed by atoms with van der Waals surface area (Å²) in [7, 11) is 0. The van der Waals surface area contributed by atoms with Crippen LogP contribution in [0.3, 0.4) is 0 Å². The molecular formula is C14H17ClN6O4. The van der Waals surface area contributed by atoms with Crippen molar-refractivity contribution in [1.82, 2.24) is 21.7 Å². The number of aliphatic hydroxyl groups is 2. The largest absolute Gasteiger partial charge is 0.377 e. The molecule has 0 bridgehead atoms. The number of hydrazone groups is 1. The van der Waals surface area contributed by atoms with E-state index in [2.05, 4.69) is 21.6 Å². The lowest BCUT2D eigenvalue weighted by Gasteiger charge is -2.30. The monoisotopic (exact) mass is 368 g/mol. The molecule has 1 amide bonds. The smallest absolute Gasteiger partial charge is 0.261 e. The van der Waals surface area contributed by atoms with E-state index in [0.29, 0.717) is 10.6 Å². The number of rotatable bonds is 5. The van der Waals surface area contributed by atoms with Gasteiger partial charge in [0.05, 0.1) is 5.69 Å². The van der Waals surface area contributed by atoms with Crippen LogP contribution in [0.15, 0.2) is 29.4 Å². The zero-order valence-electron chi connectivity index (χ0n) is 13.0. The van der Waals surface area contributed by atoms with Gasteiger partial charge in [-0.3, -0.25) is 4.79 Å². The topological polar surface area (TPSA) is 122 Å². The molecule has 2 atom stereocenters. The van der Waals surface area contributed by atoms with E-state index in [-0.39, 0.29) is 18.7 Å². The van der Waals surface area contributed by atoms with Crippen LogP contribution >= 0.6 is 11.6 Å². The summed E-state index contributed by atoms with van der Waals surface area (Å²) in [4.78, 5) is 16.7. The number of nitrogens with one attached hydrogen (secondary N) is 3. The van der Waals surface area contributed by atoms with Crippen molar-refractivity contribution in [2.24, 2.45) is 5.10 Å². The van der Waals surface area contributed by atoms with Crippen LogP contribution in [-0.4, -0.2) is 40.1 Å². The Morgan fingerprint density at radius 3 is 3.08 bits per heavy atom. The summed E-state index contributed by atoms with van der Waals surface area (Å²) >= 11 is 6.02. The van der Waals surface area contributed by atoms with Crippen LogP contribution in [0, 0.1) is 0 Å². The number of benzene rings is 1. The van der Waals surface area contributed by atoms with Gasteiger partial charge < -0.3 is 10.2 Å². The highest BCUT2D eigenvalue weighted by Crippen LogP contribution is 2.25. The summed E-state index contributed by atoms with van der Waals surface area (Å²) in [6.45, 7) is 0. The van der Waals surface area contributed by atoms with Crippen molar-refractivity contribution in [1.29, 1.82) is 0 Å². The Balaban J connectivity index is 1.69. The van der Waals surface area contributed by atoms with Crippen molar-refractivity contribution in [3.05, 3.63) is 34.9 Å². The summed E-state index contributed by atoms with van der Waals surface area (Å²) in [6, 6.07) is 5.18. The molecular weight excluding hydrogens is 352 g/mol. The molecule has 1 saturated heterocycles. The number of hydrogen-bond acceptors (Lipinski definition) is 9. The van der Waals surface area contributed by atoms with Gasteiger partial charge >= 0.3 is 0 Å². The molecule has 1 fully saturated rings. The Labute approximate surface area is 148 Å². The minimum Gasteiger partial charge on any atom is -0.377 e. The lowest BCUT2D eigenvalue weighted by Crippen LogP contribution is -2.53. The molecule has 1 aromatic rings. The van der Waals surface area contributed by atoms with E-state index in [1.807, 2.05) is 0 Å². The van der Waals surface area contributed by atoms with Gasteiger partial charge in [0.2, 0.25) is 6.29 Å². The number of carbonyl (C=O) groups excluding carboxylic acids is 1. The first-order valence-corrected chi connectivity index (χ1v) is 7.83. The van der Waals surface area contributed by atoms with Gasteiger partial charge in [-0.15, -0.1) is 10.7 Å². The summed E-state index contributed by atoms with van der Waals surface area (Å²) in [5, 5.41) is 26.1. The maximum absolute atomic E-state index is 11.7. The van der Waals surface area contributed by atoms with E-state index in [9.17, 15) is 15.0 Å². The molecule has 0 radical (unpaired) electrons. The van der Waals surface area contributed by atoms with Gasteiger partial charge in [-0.2, -0.15) is 10.5 Å². The third-order valence-electron chi connectivity index (χ3n) is 3.44. The maximum atomic E-state index is 11.7. The Morgan fingerprint density at radius 2 is 2.32 bits per heavy atom. The minimum absolute atomic E-state index is 0.121. The molecule has 1 unspecified atom stereocenters. The summed E-state index contributed by atoms with van der Waals surface area (Å²) in [5.41, 5.74) is 9.20. The second-order valence-corrected chi connectivity index (χ2v) is 5.70. The standard InChI is InChI=1S/C14H17ClN6O4/c15-10-2-3-11(20-8-16-18-19-20)9(7-10)1-6-14(24)25-21-13(23)5-4-12(22)17-21/h1-3,6-8,12,14,17-19,22,24H,4-5H2/b6-1+/t12?,14-/m0/s1. The maximum Gasteiger partial charge on any atom is 0.261 e. The van der Waals surface area contributed by atoms with E-state index < -0.39 is 12.5 Å². The third kappa shape index (κ3) is 4.45. The van der Waals surface area contributed by atoms with Gasteiger partial charge in [-0.1, -0.05) is 17.7 Å². The molecule has 2 aliphatic rings. The van der Waals surface area contributed by atoms with Crippen LogP contribution in [-0.2, 0) is 9.63 Å². The predicted molar refractivity (Wildman–Crippen MR) is 90.0 cm³/mol. The molecule has 10 nitrogen and oxygen atoms in total. The Bertz CT molecular complexity index is 700. The molecule has 2 heterocycles. The van der Waals surface area contributed by atoms with Crippen molar-refractivity contribution < 1.29 is 19.8 Å². The first kappa shape index (κ1) is 17.6. The number of hydrazine groups is 3.